The topological polar surface area (TPSA) is 16.4 Å². The Balaban J connectivity index is 1.89. The van der Waals surface area contributed by atoms with Crippen LogP contribution in [0.1, 0.15) is 16.7 Å². The number of aromatic nitrogens is 1. The SMILES string of the molecule is Cc1c[n+](C)c2c(c1C)OB1c3ccccc3-c3cccc(C)c3N12. The van der Waals surface area contributed by atoms with Crippen molar-refractivity contribution in [3.63, 3.8) is 0 Å². The van der Waals surface area contributed by atoms with Crippen LogP contribution >= 0.6 is 0 Å². The number of rotatable bonds is 0. The lowest BCUT2D eigenvalue weighted by molar-refractivity contribution is -0.658. The van der Waals surface area contributed by atoms with Crippen LogP contribution in [0.5, 0.6) is 5.75 Å². The normalized spacial score (nSPS) is 13.8. The lowest BCUT2D eigenvalue weighted by atomic mass is 9.64. The summed E-state index contributed by atoms with van der Waals surface area (Å²) < 4.78 is 8.74. The molecule has 0 aliphatic carbocycles. The van der Waals surface area contributed by atoms with E-state index in [1.165, 1.54) is 39.0 Å². The summed E-state index contributed by atoms with van der Waals surface area (Å²) in [6.07, 6.45) is 2.19. The van der Waals surface area contributed by atoms with Crippen LogP contribution in [0.4, 0.5) is 11.5 Å². The van der Waals surface area contributed by atoms with Crippen molar-refractivity contribution in [1.29, 1.82) is 0 Å². The molecule has 0 saturated heterocycles. The van der Waals surface area contributed by atoms with Gasteiger partial charge in [0.2, 0.25) is 0 Å². The molecular formula is C21H20BN2O+. The molecule has 2 aliphatic rings. The predicted molar refractivity (Wildman–Crippen MR) is 102 cm³/mol. The fraction of sp³-hybridized carbons (Fsp3) is 0.190. The van der Waals surface area contributed by atoms with Crippen molar-refractivity contribution in [2.45, 2.75) is 20.8 Å². The van der Waals surface area contributed by atoms with Gasteiger partial charge >= 0.3 is 12.9 Å². The largest absolute Gasteiger partial charge is 0.648 e. The van der Waals surface area contributed by atoms with Crippen molar-refractivity contribution in [2.24, 2.45) is 7.05 Å². The Morgan fingerprint density at radius 2 is 1.68 bits per heavy atom. The Hall–Kier alpha value is -2.75. The second-order valence-corrected chi connectivity index (χ2v) is 7.10. The number of hydrogen-bond acceptors (Lipinski definition) is 2. The summed E-state index contributed by atoms with van der Waals surface area (Å²) >= 11 is 0. The molecule has 4 heteroatoms. The lowest BCUT2D eigenvalue weighted by Gasteiger charge is -2.27. The first kappa shape index (κ1) is 14.6. The van der Waals surface area contributed by atoms with Gasteiger partial charge in [-0.3, -0.25) is 0 Å². The molecule has 2 aliphatic heterocycles. The second-order valence-electron chi connectivity index (χ2n) is 7.10. The first-order valence-corrected chi connectivity index (χ1v) is 8.72. The quantitative estimate of drug-likeness (QED) is 0.465. The molecule has 0 saturated carbocycles. The van der Waals surface area contributed by atoms with E-state index in [1.54, 1.807) is 0 Å². The fourth-order valence-corrected chi connectivity index (χ4v) is 4.23. The highest BCUT2D eigenvalue weighted by Gasteiger charge is 2.54. The van der Waals surface area contributed by atoms with Gasteiger partial charge in [0, 0.05) is 16.6 Å². The molecule has 25 heavy (non-hydrogen) atoms. The second kappa shape index (κ2) is 4.88. The van der Waals surface area contributed by atoms with Crippen molar-refractivity contribution in [3.8, 4) is 16.9 Å². The number of hydrogen-bond donors (Lipinski definition) is 0. The predicted octanol–water partition coefficient (Wildman–Crippen LogP) is 3.34. The summed E-state index contributed by atoms with van der Waals surface area (Å²) in [7, 11) is 2.00. The van der Waals surface area contributed by atoms with Crippen LogP contribution in [0, 0.1) is 20.8 Å². The zero-order chi connectivity index (χ0) is 17.3. The van der Waals surface area contributed by atoms with Crippen molar-refractivity contribution in [2.75, 3.05) is 4.81 Å². The third-order valence-electron chi connectivity index (χ3n) is 5.54. The third-order valence-corrected chi connectivity index (χ3v) is 5.54. The van der Waals surface area contributed by atoms with Crippen molar-refractivity contribution >= 4 is 24.0 Å². The van der Waals surface area contributed by atoms with Gasteiger partial charge in [0.1, 0.15) is 5.69 Å². The minimum atomic E-state index is -0.105. The van der Waals surface area contributed by atoms with Crippen LogP contribution in [-0.4, -0.2) is 7.05 Å². The maximum Gasteiger partial charge on any atom is 0.648 e. The van der Waals surface area contributed by atoms with Crippen LogP contribution in [0.25, 0.3) is 11.1 Å². The molecule has 0 amide bonds. The van der Waals surface area contributed by atoms with Crippen LogP contribution < -0.4 is 19.5 Å². The maximum absolute atomic E-state index is 6.55. The monoisotopic (exact) mass is 327 g/mol. The molecule has 0 radical (unpaired) electrons. The molecule has 5 rings (SSSR count). The third kappa shape index (κ3) is 1.80. The van der Waals surface area contributed by atoms with Gasteiger partial charge in [0.05, 0.1) is 13.2 Å². The van der Waals surface area contributed by atoms with E-state index < -0.39 is 0 Å². The van der Waals surface area contributed by atoms with Crippen molar-refractivity contribution < 1.29 is 9.22 Å². The molecule has 0 atom stereocenters. The van der Waals surface area contributed by atoms with Gasteiger partial charge in [-0.05, 0) is 37.5 Å². The number of anilines is 2. The van der Waals surface area contributed by atoms with E-state index in [2.05, 4.69) is 85.9 Å². The first-order valence-electron chi connectivity index (χ1n) is 8.72. The Morgan fingerprint density at radius 1 is 0.920 bits per heavy atom. The number of benzene rings is 2. The number of nitrogens with zero attached hydrogens (tertiary/aromatic N) is 2. The summed E-state index contributed by atoms with van der Waals surface area (Å²) in [5.74, 6) is 2.14. The summed E-state index contributed by atoms with van der Waals surface area (Å²) in [4.78, 5) is 2.37. The molecule has 122 valence electrons. The number of para-hydroxylation sites is 1. The first-order chi connectivity index (χ1) is 12.1. The summed E-state index contributed by atoms with van der Waals surface area (Å²) in [5.41, 5.74) is 8.77. The average Bonchev–Trinajstić information content (AvgIpc) is 3.01. The molecule has 0 fully saturated rings. The van der Waals surface area contributed by atoms with Crippen LogP contribution in [0.2, 0.25) is 0 Å². The minimum absolute atomic E-state index is 0.105. The highest BCUT2D eigenvalue weighted by atomic mass is 16.5. The number of fused-ring (bicyclic) bond motifs is 8. The molecule has 0 N–H and O–H groups in total. The number of pyridine rings is 1. The van der Waals surface area contributed by atoms with Gasteiger partial charge < -0.3 is 4.65 Å². The molecule has 3 nitrogen and oxygen atoms in total. The van der Waals surface area contributed by atoms with Gasteiger partial charge in [-0.1, -0.05) is 42.5 Å². The van der Waals surface area contributed by atoms with Crippen LogP contribution in [0.3, 0.4) is 0 Å². The molecule has 1 aromatic heterocycles. The molecular weight excluding hydrogens is 307 g/mol. The van der Waals surface area contributed by atoms with Gasteiger partial charge in [0.15, 0.2) is 5.75 Å². The maximum atomic E-state index is 6.55. The molecule has 0 bridgehead atoms. The minimum Gasteiger partial charge on any atom is -0.512 e. The van der Waals surface area contributed by atoms with E-state index in [0.717, 1.165) is 11.6 Å². The van der Waals surface area contributed by atoms with E-state index in [0.29, 0.717) is 0 Å². The highest BCUT2D eigenvalue weighted by Crippen LogP contribution is 2.47. The van der Waals surface area contributed by atoms with Gasteiger partial charge in [0.25, 0.3) is 0 Å². The summed E-state index contributed by atoms with van der Waals surface area (Å²) in [6, 6.07) is 15.1. The van der Waals surface area contributed by atoms with E-state index in [4.69, 9.17) is 4.65 Å². The van der Waals surface area contributed by atoms with E-state index in [1.807, 2.05) is 0 Å². The van der Waals surface area contributed by atoms with Crippen LogP contribution in [0.15, 0.2) is 48.7 Å². The summed E-state index contributed by atoms with van der Waals surface area (Å²) in [5, 5.41) is 0. The van der Waals surface area contributed by atoms with Gasteiger partial charge in [-0.15, -0.1) is 0 Å². The molecule has 3 aromatic rings. The average molecular weight is 327 g/mol. The van der Waals surface area contributed by atoms with E-state index >= 15 is 0 Å². The van der Waals surface area contributed by atoms with Crippen molar-refractivity contribution in [3.05, 3.63) is 65.4 Å². The Labute approximate surface area is 148 Å². The van der Waals surface area contributed by atoms with Crippen LogP contribution in [-0.2, 0) is 7.05 Å². The van der Waals surface area contributed by atoms with Crippen molar-refractivity contribution in [1.82, 2.24) is 0 Å². The van der Waals surface area contributed by atoms with E-state index in [-0.39, 0.29) is 7.05 Å². The smallest absolute Gasteiger partial charge is 0.512 e. The lowest BCUT2D eigenvalue weighted by Crippen LogP contribution is -2.52. The standard InChI is InChI=1S/C21H20BN2O/c1-13-8-7-10-17-16-9-5-6-11-18(16)22-24(19(13)17)21-20(25-22)15(3)14(2)12-23(21)4/h5-12H,1-4H3/q+1. The number of aryl methyl sites for hydroxylation is 3. The van der Waals surface area contributed by atoms with Gasteiger partial charge in [-0.2, -0.15) is 0 Å². The fourth-order valence-electron chi connectivity index (χ4n) is 4.23. The summed E-state index contributed by atoms with van der Waals surface area (Å²) in [6.45, 7) is 6.48. The molecule has 3 heterocycles. The van der Waals surface area contributed by atoms with E-state index in [9.17, 15) is 0 Å². The molecule has 2 aromatic carbocycles. The Kier molecular flexibility index (Phi) is 2.85. The highest BCUT2D eigenvalue weighted by molar-refractivity contribution is 6.77. The Morgan fingerprint density at radius 3 is 2.52 bits per heavy atom. The zero-order valence-corrected chi connectivity index (χ0v) is 15.0. The van der Waals surface area contributed by atoms with Gasteiger partial charge in [-0.25, -0.2) is 9.38 Å². The Bertz CT molecular complexity index is 1040. The molecule has 0 spiro atoms. The molecule has 0 unspecified atom stereocenters. The zero-order valence-electron chi connectivity index (χ0n) is 15.0.